The molecule has 0 saturated heterocycles. The van der Waals surface area contributed by atoms with E-state index in [1.54, 1.807) is 30.3 Å². The van der Waals surface area contributed by atoms with Crippen molar-refractivity contribution in [3.63, 3.8) is 0 Å². The van der Waals surface area contributed by atoms with Gasteiger partial charge in [0.2, 0.25) is 10.0 Å². The Labute approximate surface area is 158 Å². The number of primary sulfonamides is 1. The predicted octanol–water partition coefficient (Wildman–Crippen LogP) is 2.19. The first-order valence-electron chi connectivity index (χ1n) is 8.00. The third-order valence-electron chi connectivity index (χ3n) is 3.54. The molecule has 0 aromatic heterocycles. The van der Waals surface area contributed by atoms with E-state index in [0.29, 0.717) is 23.5 Å². The first-order chi connectivity index (χ1) is 12.4. The zero-order valence-corrected chi connectivity index (χ0v) is 16.0. The van der Waals surface area contributed by atoms with Gasteiger partial charge in [0.25, 0.3) is 5.05 Å². The van der Waals surface area contributed by atoms with Crippen LogP contribution in [0, 0.1) is 0 Å². The smallest absolute Gasteiger partial charge is 0.260 e. The molecule has 6 N–H and O–H groups in total. The van der Waals surface area contributed by atoms with Crippen molar-refractivity contribution >= 4 is 33.0 Å². The first-order valence-corrected chi connectivity index (χ1v) is 9.96. The quantitative estimate of drug-likeness (QED) is 0.358. The topological polar surface area (TPSA) is 118 Å². The number of ether oxygens (including phenoxy) is 1. The van der Waals surface area contributed by atoms with Gasteiger partial charge in [-0.3, -0.25) is 0 Å². The van der Waals surface area contributed by atoms with Crippen LogP contribution in [-0.2, 0) is 14.9 Å². The summed E-state index contributed by atoms with van der Waals surface area (Å²) < 4.78 is 30.2. The molecule has 0 radical (unpaired) electrons. The summed E-state index contributed by atoms with van der Waals surface area (Å²) in [4.78, 5) is 4.64. The number of unbranched alkanes of at least 4 members (excludes halogenated alkanes) is 1. The Hall–Kier alpha value is -2.20. The fraction of sp³-hybridized carbons (Fsp3) is 0.235. The van der Waals surface area contributed by atoms with Gasteiger partial charge in [-0.15, -0.1) is 0 Å². The minimum atomic E-state index is -4.07. The lowest BCUT2D eigenvalue weighted by molar-refractivity contribution is -0.647. The summed E-state index contributed by atoms with van der Waals surface area (Å²) in [5, 5.41) is 8.65. The van der Waals surface area contributed by atoms with Gasteiger partial charge in [0.05, 0.1) is 5.69 Å². The fourth-order valence-electron chi connectivity index (χ4n) is 2.26. The number of sulfonamides is 1. The number of benzene rings is 2. The molecule has 0 atom stereocenters. The maximum atomic E-state index is 12.2. The van der Waals surface area contributed by atoms with Crippen LogP contribution in [0.2, 0.25) is 0 Å². The van der Waals surface area contributed by atoms with Crippen LogP contribution in [0.3, 0.4) is 0 Å². The summed E-state index contributed by atoms with van der Waals surface area (Å²) in [5.74, 6) is 3.88. The van der Waals surface area contributed by atoms with E-state index in [-0.39, 0.29) is 15.7 Å². The highest BCUT2D eigenvalue weighted by Gasteiger charge is 2.23. The Balaban J connectivity index is 2.60. The molecular formula is C17H22N3O4S2+. The number of nitrogens with two attached hydrogens (primary N) is 1. The van der Waals surface area contributed by atoms with Crippen LogP contribution in [0.1, 0.15) is 25.3 Å². The number of quaternary nitrogens is 1. The Morgan fingerprint density at radius 2 is 1.96 bits per heavy atom. The Kier molecular flexibility index (Phi) is 6.92. The number of hydrogen-bond acceptors (Lipinski definition) is 6. The Morgan fingerprint density at radius 3 is 2.54 bits per heavy atom. The molecule has 0 bridgehead atoms. The van der Waals surface area contributed by atoms with Crippen LogP contribution in [0.5, 0.6) is 11.5 Å². The van der Waals surface area contributed by atoms with Crippen molar-refractivity contribution in [2.24, 2.45) is 5.14 Å². The van der Waals surface area contributed by atoms with E-state index in [1.807, 2.05) is 6.07 Å². The first kappa shape index (κ1) is 20.1. The third kappa shape index (κ3) is 5.15. The summed E-state index contributed by atoms with van der Waals surface area (Å²) in [5.41, 5.74) is 0.835. The summed E-state index contributed by atoms with van der Waals surface area (Å²) in [6.07, 6.45) is 1.88. The van der Waals surface area contributed by atoms with Gasteiger partial charge in [0.1, 0.15) is 10.6 Å². The summed E-state index contributed by atoms with van der Waals surface area (Å²) >= 11 is 5.08. The van der Waals surface area contributed by atoms with Crippen molar-refractivity contribution in [1.82, 2.24) is 0 Å². The van der Waals surface area contributed by atoms with Crippen LogP contribution in [0.15, 0.2) is 47.4 Å². The van der Waals surface area contributed by atoms with Gasteiger partial charge in [-0.25, -0.2) is 13.6 Å². The van der Waals surface area contributed by atoms with E-state index in [0.717, 1.165) is 12.8 Å². The average Bonchev–Trinajstić information content (AvgIpc) is 2.62. The zero-order valence-electron chi connectivity index (χ0n) is 14.4. The van der Waals surface area contributed by atoms with Crippen molar-refractivity contribution in [2.45, 2.75) is 24.7 Å². The maximum Gasteiger partial charge on any atom is 0.260 e. The van der Waals surface area contributed by atoms with Crippen LogP contribution in [-0.4, -0.2) is 20.0 Å². The number of hydrogen-bond donors (Lipinski definition) is 3. The van der Waals surface area contributed by atoms with Crippen LogP contribution >= 0.6 is 12.2 Å². The molecule has 0 aliphatic carbocycles. The number of para-hydroxylation sites is 1. The molecule has 0 aliphatic heterocycles. The van der Waals surface area contributed by atoms with E-state index >= 15 is 0 Å². The fourth-order valence-corrected chi connectivity index (χ4v) is 3.08. The maximum absolute atomic E-state index is 12.2. The van der Waals surface area contributed by atoms with Gasteiger partial charge in [0.15, 0.2) is 5.75 Å². The van der Waals surface area contributed by atoms with Gasteiger partial charge in [-0.05, 0) is 42.9 Å². The normalized spacial score (nSPS) is 11.0. The van der Waals surface area contributed by atoms with E-state index in [9.17, 15) is 8.42 Å². The number of nitrogens with one attached hydrogen (secondary N) is 1. The van der Waals surface area contributed by atoms with E-state index in [4.69, 9.17) is 26.9 Å². The largest absolute Gasteiger partial charge is 0.454 e. The molecule has 2 rings (SSSR count). The highest BCUT2D eigenvalue weighted by atomic mass is 32.2. The van der Waals surface area contributed by atoms with Crippen LogP contribution in [0.4, 0.5) is 5.69 Å². The Bertz CT molecular complexity index is 871. The van der Waals surface area contributed by atoms with Crippen molar-refractivity contribution < 1.29 is 23.9 Å². The molecule has 2 aromatic carbocycles. The molecule has 0 spiro atoms. The van der Waals surface area contributed by atoms with Crippen LogP contribution < -0.4 is 21.1 Å². The molecular weight excluding hydrogens is 374 g/mol. The molecule has 9 heteroatoms. The van der Waals surface area contributed by atoms with Gasteiger partial charge >= 0.3 is 0 Å². The minimum absolute atomic E-state index is 0.0553. The Morgan fingerprint density at radius 1 is 1.27 bits per heavy atom. The lowest BCUT2D eigenvalue weighted by Gasteiger charge is -2.17. The molecule has 0 fully saturated rings. The van der Waals surface area contributed by atoms with Gasteiger partial charge < -0.3 is 14.9 Å². The van der Waals surface area contributed by atoms with E-state index in [2.05, 4.69) is 18.1 Å². The van der Waals surface area contributed by atoms with E-state index in [1.165, 1.54) is 6.07 Å². The molecule has 0 unspecified atom stereocenters. The van der Waals surface area contributed by atoms with Gasteiger partial charge in [-0.2, -0.15) is 5.90 Å². The molecule has 26 heavy (non-hydrogen) atoms. The summed E-state index contributed by atoms with van der Waals surface area (Å²) in [6.45, 7) is 2.69. The van der Waals surface area contributed by atoms with E-state index < -0.39 is 10.0 Å². The molecule has 0 heterocycles. The van der Waals surface area contributed by atoms with Crippen molar-refractivity contribution in [3.05, 3.63) is 48.0 Å². The van der Waals surface area contributed by atoms with Crippen LogP contribution in [0.25, 0.3) is 0 Å². The summed E-state index contributed by atoms with van der Waals surface area (Å²) in [7, 11) is -4.07. The lowest BCUT2D eigenvalue weighted by Crippen LogP contribution is -2.50. The highest BCUT2D eigenvalue weighted by molar-refractivity contribution is 7.89. The molecule has 0 saturated carbocycles. The minimum Gasteiger partial charge on any atom is -0.454 e. The molecule has 0 amide bonds. The third-order valence-corrected chi connectivity index (χ3v) is 4.81. The highest BCUT2D eigenvalue weighted by Crippen LogP contribution is 2.37. The second-order valence-electron chi connectivity index (χ2n) is 5.52. The molecule has 2 aromatic rings. The zero-order chi connectivity index (χ0) is 19.2. The van der Waals surface area contributed by atoms with Crippen molar-refractivity contribution in [2.75, 3.05) is 11.9 Å². The lowest BCUT2D eigenvalue weighted by atomic mass is 10.2. The predicted molar refractivity (Wildman–Crippen MR) is 103 cm³/mol. The monoisotopic (exact) mass is 396 g/mol. The van der Waals surface area contributed by atoms with Gasteiger partial charge in [0, 0.05) is 12.1 Å². The summed E-state index contributed by atoms with van der Waals surface area (Å²) in [6, 6.07) is 11.8. The number of thiocarbonyl (C=S) groups is 1. The average molecular weight is 397 g/mol. The van der Waals surface area contributed by atoms with Crippen molar-refractivity contribution in [1.29, 1.82) is 0 Å². The second kappa shape index (κ2) is 8.95. The standard InChI is InChI=1S/C17H22N3O4S2/c1-2-3-9-20-14-10-12(17(25)24-18)11-15(26(19,21)22)16(14)23-13-7-5-4-6-8-13/h4-8,10-11,20H,2-3,9H2,1,18H3,(H2,19,21,22)/q+1. The molecule has 0 aliphatic rings. The second-order valence-corrected chi connectivity index (χ2v) is 7.42. The number of anilines is 1. The van der Waals surface area contributed by atoms with Gasteiger partial charge in [-0.1, -0.05) is 31.5 Å². The molecule has 7 nitrogen and oxygen atoms in total. The SMILES string of the molecule is CCCCNc1cc(C(=S)O[NH3+])cc(S(N)(=O)=O)c1Oc1ccccc1. The number of rotatable bonds is 8. The van der Waals surface area contributed by atoms with Crippen molar-refractivity contribution in [3.8, 4) is 11.5 Å². The molecule has 140 valence electrons.